The molecule has 5 heteroatoms. The average Bonchev–Trinajstić information content (AvgIpc) is 2.72. The van der Waals surface area contributed by atoms with E-state index in [9.17, 15) is 14.7 Å². The minimum atomic E-state index is -1.48. The summed E-state index contributed by atoms with van der Waals surface area (Å²) in [6.07, 6.45) is 1.84. The van der Waals surface area contributed by atoms with Gasteiger partial charge in [0.15, 0.2) is 17.5 Å². The van der Waals surface area contributed by atoms with Gasteiger partial charge in [-0.1, -0.05) is 20.3 Å². The molecular formula is C15H22O5. The second kappa shape index (κ2) is 4.04. The maximum atomic E-state index is 12.7. The molecule has 2 saturated carbocycles. The first-order valence-electron chi connectivity index (χ1n) is 7.23. The first-order valence-corrected chi connectivity index (χ1v) is 7.23. The Kier molecular flexibility index (Phi) is 2.83. The summed E-state index contributed by atoms with van der Waals surface area (Å²) in [6, 6.07) is 0. The Bertz CT molecular complexity index is 471. The number of ether oxygens (including phenoxy) is 2. The van der Waals surface area contributed by atoms with Crippen molar-refractivity contribution >= 4 is 11.8 Å². The van der Waals surface area contributed by atoms with Gasteiger partial charge in [-0.2, -0.15) is 0 Å². The van der Waals surface area contributed by atoms with Crippen LogP contribution in [0.15, 0.2) is 0 Å². The van der Waals surface area contributed by atoms with Gasteiger partial charge in [-0.25, -0.2) is 4.79 Å². The highest BCUT2D eigenvalue weighted by molar-refractivity contribution is 5.97. The fourth-order valence-corrected chi connectivity index (χ4v) is 4.92. The van der Waals surface area contributed by atoms with Crippen LogP contribution >= 0.6 is 0 Å². The average molecular weight is 282 g/mol. The third kappa shape index (κ3) is 1.51. The number of ketones is 1. The van der Waals surface area contributed by atoms with E-state index < -0.39 is 17.7 Å². The van der Waals surface area contributed by atoms with Crippen LogP contribution in [0.4, 0.5) is 0 Å². The molecule has 0 aromatic rings. The lowest BCUT2D eigenvalue weighted by Gasteiger charge is -2.53. The molecule has 0 unspecified atom stereocenters. The van der Waals surface area contributed by atoms with E-state index in [1.54, 1.807) is 0 Å². The number of aliphatic hydroxyl groups excluding tert-OH is 1. The molecule has 1 N–H and O–H groups in total. The molecule has 3 rings (SSSR count). The fourth-order valence-electron chi connectivity index (χ4n) is 4.92. The zero-order chi connectivity index (χ0) is 14.8. The van der Waals surface area contributed by atoms with Crippen LogP contribution in [0.2, 0.25) is 0 Å². The van der Waals surface area contributed by atoms with Crippen molar-refractivity contribution in [1.82, 2.24) is 0 Å². The molecule has 3 fully saturated rings. The summed E-state index contributed by atoms with van der Waals surface area (Å²) < 4.78 is 10.5. The van der Waals surface area contributed by atoms with Gasteiger partial charge in [0.1, 0.15) is 0 Å². The van der Waals surface area contributed by atoms with Crippen molar-refractivity contribution in [3.8, 4) is 0 Å². The van der Waals surface area contributed by atoms with Crippen LogP contribution in [-0.2, 0) is 19.1 Å². The van der Waals surface area contributed by atoms with E-state index in [2.05, 4.69) is 13.8 Å². The van der Waals surface area contributed by atoms with Crippen molar-refractivity contribution in [2.45, 2.75) is 51.2 Å². The Labute approximate surface area is 118 Å². The normalized spacial score (nSPS) is 45.9. The van der Waals surface area contributed by atoms with E-state index >= 15 is 0 Å². The zero-order valence-corrected chi connectivity index (χ0v) is 12.3. The van der Waals surface area contributed by atoms with E-state index in [0.717, 1.165) is 19.3 Å². The van der Waals surface area contributed by atoms with Crippen LogP contribution in [0.1, 0.15) is 39.5 Å². The predicted octanol–water partition coefficient (Wildman–Crippen LogP) is 1.07. The maximum absolute atomic E-state index is 12.7. The van der Waals surface area contributed by atoms with Crippen molar-refractivity contribution < 1.29 is 24.2 Å². The summed E-state index contributed by atoms with van der Waals surface area (Å²) in [5.74, 6) is -1.11. The molecule has 0 aromatic heterocycles. The number of fused-ring (bicyclic) bond motifs is 1. The lowest BCUT2D eigenvalue weighted by Crippen LogP contribution is -2.63. The monoisotopic (exact) mass is 282 g/mol. The van der Waals surface area contributed by atoms with Gasteiger partial charge in [0.25, 0.3) is 0 Å². The highest BCUT2D eigenvalue weighted by Crippen LogP contribution is 2.62. The number of carbonyl (C=O) groups excluding carboxylic acids is 2. The number of carbonyl (C=O) groups is 2. The Morgan fingerprint density at radius 1 is 1.40 bits per heavy atom. The molecule has 1 heterocycles. The molecule has 0 amide bonds. The molecule has 0 aromatic carbocycles. The van der Waals surface area contributed by atoms with Gasteiger partial charge in [-0.3, -0.25) is 4.79 Å². The molecule has 0 radical (unpaired) electrons. The molecule has 2 aliphatic carbocycles. The molecule has 20 heavy (non-hydrogen) atoms. The van der Waals surface area contributed by atoms with E-state index in [1.807, 2.05) is 0 Å². The molecule has 5 nitrogen and oxygen atoms in total. The summed E-state index contributed by atoms with van der Waals surface area (Å²) in [5.41, 5.74) is -1.95. The standard InChI is InChI=1S/C15H22O5/c1-13(2)5-4-6-14-7-15(20-8-14,12(18)19-3)11(17)9(16)10(13)14/h10-11,17H,4-8H2,1-3H3/t10-,11+,14+,15+/m1/s1. The zero-order valence-electron chi connectivity index (χ0n) is 12.3. The quantitative estimate of drug-likeness (QED) is 0.728. The second-order valence-electron chi connectivity index (χ2n) is 7.29. The highest BCUT2D eigenvalue weighted by atomic mass is 16.6. The Hall–Kier alpha value is -0.940. The molecule has 3 aliphatic rings. The molecule has 1 saturated heterocycles. The number of hydrogen-bond acceptors (Lipinski definition) is 5. The number of hydrogen-bond donors (Lipinski definition) is 1. The maximum Gasteiger partial charge on any atom is 0.341 e. The summed E-state index contributed by atoms with van der Waals surface area (Å²) in [5, 5.41) is 10.4. The van der Waals surface area contributed by atoms with E-state index in [0.29, 0.717) is 13.0 Å². The Morgan fingerprint density at radius 3 is 2.75 bits per heavy atom. The molecule has 2 bridgehead atoms. The second-order valence-corrected chi connectivity index (χ2v) is 7.29. The number of esters is 1. The number of Topliss-reactive ketones (excluding diaryl/α,β-unsaturated/α-hetero) is 1. The smallest absolute Gasteiger partial charge is 0.341 e. The van der Waals surface area contributed by atoms with Gasteiger partial charge in [0.2, 0.25) is 0 Å². The Morgan fingerprint density at radius 2 is 2.10 bits per heavy atom. The van der Waals surface area contributed by atoms with Crippen LogP contribution < -0.4 is 0 Å². The first kappa shape index (κ1) is 14.0. The van der Waals surface area contributed by atoms with Crippen LogP contribution in [0.25, 0.3) is 0 Å². The third-order valence-electron chi connectivity index (χ3n) is 5.65. The predicted molar refractivity (Wildman–Crippen MR) is 69.9 cm³/mol. The van der Waals surface area contributed by atoms with Crippen LogP contribution in [0.5, 0.6) is 0 Å². The molecule has 1 spiro atoms. The minimum absolute atomic E-state index is 0.160. The van der Waals surface area contributed by atoms with Gasteiger partial charge >= 0.3 is 5.97 Å². The van der Waals surface area contributed by atoms with E-state index in [1.165, 1.54) is 7.11 Å². The Balaban J connectivity index is 2.08. The first-order chi connectivity index (χ1) is 9.29. The third-order valence-corrected chi connectivity index (χ3v) is 5.65. The van der Waals surface area contributed by atoms with Crippen LogP contribution in [0.3, 0.4) is 0 Å². The van der Waals surface area contributed by atoms with Crippen molar-refractivity contribution in [3.05, 3.63) is 0 Å². The number of rotatable bonds is 1. The van der Waals surface area contributed by atoms with Crippen LogP contribution in [0, 0.1) is 16.7 Å². The van der Waals surface area contributed by atoms with Crippen LogP contribution in [-0.4, -0.2) is 42.3 Å². The summed E-state index contributed by atoms with van der Waals surface area (Å²) in [4.78, 5) is 24.8. The van der Waals surface area contributed by atoms with Crippen molar-refractivity contribution in [2.75, 3.05) is 13.7 Å². The minimum Gasteiger partial charge on any atom is -0.467 e. The molecule has 1 aliphatic heterocycles. The lowest BCUT2D eigenvalue weighted by molar-refractivity contribution is -0.186. The highest BCUT2D eigenvalue weighted by Gasteiger charge is 2.71. The van der Waals surface area contributed by atoms with Gasteiger partial charge in [0.05, 0.1) is 13.7 Å². The van der Waals surface area contributed by atoms with E-state index in [4.69, 9.17) is 9.47 Å². The van der Waals surface area contributed by atoms with Gasteiger partial charge in [-0.05, 0) is 24.7 Å². The number of methoxy groups -OCH3 is 1. The van der Waals surface area contributed by atoms with Gasteiger partial charge in [-0.15, -0.1) is 0 Å². The molecular weight excluding hydrogens is 260 g/mol. The topological polar surface area (TPSA) is 72.8 Å². The van der Waals surface area contributed by atoms with Gasteiger partial charge < -0.3 is 14.6 Å². The van der Waals surface area contributed by atoms with Crippen molar-refractivity contribution in [2.24, 2.45) is 16.7 Å². The summed E-state index contributed by atoms with van der Waals surface area (Å²) in [7, 11) is 1.26. The van der Waals surface area contributed by atoms with E-state index in [-0.39, 0.29) is 22.5 Å². The van der Waals surface area contributed by atoms with Crippen molar-refractivity contribution in [1.29, 1.82) is 0 Å². The van der Waals surface area contributed by atoms with Crippen molar-refractivity contribution in [3.63, 3.8) is 0 Å². The largest absolute Gasteiger partial charge is 0.467 e. The molecule has 112 valence electrons. The fraction of sp³-hybridized carbons (Fsp3) is 0.867. The van der Waals surface area contributed by atoms with Gasteiger partial charge in [0, 0.05) is 11.3 Å². The number of aliphatic hydroxyl groups is 1. The summed E-state index contributed by atoms with van der Waals surface area (Å²) in [6.45, 7) is 4.51. The lowest BCUT2D eigenvalue weighted by atomic mass is 9.49. The SMILES string of the molecule is COC(=O)[C@]12C[C@@]3(CCCC(C)(C)[C@H]3C(=O)[C@@H]1O)CO2. The molecule has 4 atom stereocenters. The summed E-state index contributed by atoms with van der Waals surface area (Å²) >= 11 is 0.